The van der Waals surface area contributed by atoms with E-state index >= 15 is 0 Å². The Bertz CT molecular complexity index is 218. The molecule has 0 saturated heterocycles. The Hall–Kier alpha value is -1.09. The van der Waals surface area contributed by atoms with E-state index in [-0.39, 0.29) is 5.54 Å². The number of hydrogen-bond donors (Lipinski definition) is 0. The van der Waals surface area contributed by atoms with E-state index in [1.807, 2.05) is 0 Å². The summed E-state index contributed by atoms with van der Waals surface area (Å²) in [4.78, 5) is 13.0. The fourth-order valence-corrected chi connectivity index (χ4v) is 1.39. The van der Waals surface area contributed by atoms with Gasteiger partial charge in [-0.2, -0.15) is 4.91 Å². The van der Waals surface area contributed by atoms with Crippen LogP contribution in [-0.4, -0.2) is 12.1 Å². The van der Waals surface area contributed by atoms with Gasteiger partial charge >= 0.3 is 0 Å². The molecule has 1 aliphatic carbocycles. The summed E-state index contributed by atoms with van der Waals surface area (Å²) < 4.78 is 0. The molecule has 0 unspecified atom stereocenters. The van der Waals surface area contributed by atoms with E-state index in [2.05, 4.69) is 15.2 Å². The topological polar surface area (TPSA) is 78.2 Å². The standard InChI is InChI=1S/C8H14N4O/c9-12-10-7-3-1-2-4-8(11-13)5-6-8/h1-7H2. The van der Waals surface area contributed by atoms with Crippen LogP contribution >= 0.6 is 0 Å². The van der Waals surface area contributed by atoms with Crippen LogP contribution in [0, 0.1) is 4.91 Å². The van der Waals surface area contributed by atoms with Crippen molar-refractivity contribution in [2.75, 3.05) is 6.54 Å². The van der Waals surface area contributed by atoms with Crippen LogP contribution in [0.25, 0.3) is 10.4 Å². The predicted octanol–water partition coefficient (Wildman–Crippen LogP) is 3.16. The molecule has 5 nitrogen and oxygen atoms in total. The van der Waals surface area contributed by atoms with Crippen molar-refractivity contribution in [3.63, 3.8) is 0 Å². The highest BCUT2D eigenvalue weighted by atomic mass is 16.3. The van der Waals surface area contributed by atoms with Crippen LogP contribution in [0.3, 0.4) is 0 Å². The number of azide groups is 1. The molecule has 0 aliphatic heterocycles. The van der Waals surface area contributed by atoms with Crippen LogP contribution in [0.2, 0.25) is 0 Å². The first kappa shape index (κ1) is 9.99. The average Bonchev–Trinajstić information content (AvgIpc) is 2.92. The molecule has 0 aromatic rings. The highest BCUT2D eigenvalue weighted by Gasteiger charge is 2.43. The van der Waals surface area contributed by atoms with Gasteiger partial charge in [0, 0.05) is 11.5 Å². The predicted molar refractivity (Wildman–Crippen MR) is 50.2 cm³/mol. The molecule has 0 aromatic heterocycles. The molecule has 0 bridgehead atoms. The zero-order valence-corrected chi connectivity index (χ0v) is 7.65. The van der Waals surface area contributed by atoms with Crippen molar-refractivity contribution < 1.29 is 0 Å². The molecule has 1 aliphatic rings. The van der Waals surface area contributed by atoms with Crippen molar-refractivity contribution in [2.24, 2.45) is 10.3 Å². The number of rotatable bonds is 7. The van der Waals surface area contributed by atoms with Crippen LogP contribution in [0.1, 0.15) is 38.5 Å². The van der Waals surface area contributed by atoms with Crippen LogP contribution in [0.4, 0.5) is 0 Å². The lowest BCUT2D eigenvalue weighted by Crippen LogP contribution is -2.02. The SMILES string of the molecule is [N-]=[N+]=NCCCCCC1(N=O)CC1. The largest absolute Gasteiger partial charge is 0.150 e. The molecular weight excluding hydrogens is 168 g/mol. The van der Waals surface area contributed by atoms with Crippen LogP contribution in [0.15, 0.2) is 10.3 Å². The monoisotopic (exact) mass is 182 g/mol. The molecule has 0 spiro atoms. The third-order valence-electron chi connectivity index (χ3n) is 2.48. The van der Waals surface area contributed by atoms with E-state index in [0.29, 0.717) is 6.54 Å². The zero-order valence-electron chi connectivity index (χ0n) is 7.65. The number of unbranched alkanes of at least 4 members (excludes halogenated alkanes) is 2. The van der Waals surface area contributed by atoms with Gasteiger partial charge in [-0.1, -0.05) is 23.1 Å². The van der Waals surface area contributed by atoms with Gasteiger partial charge in [0.05, 0.1) is 0 Å². The van der Waals surface area contributed by atoms with E-state index in [1.165, 1.54) is 0 Å². The van der Waals surface area contributed by atoms with Crippen molar-refractivity contribution in [3.8, 4) is 0 Å². The average molecular weight is 182 g/mol. The molecule has 1 saturated carbocycles. The summed E-state index contributed by atoms with van der Waals surface area (Å²) in [6.07, 6.45) is 5.80. The van der Waals surface area contributed by atoms with Gasteiger partial charge in [-0.15, -0.1) is 0 Å². The van der Waals surface area contributed by atoms with Gasteiger partial charge in [0.25, 0.3) is 0 Å². The maximum absolute atomic E-state index is 10.3. The summed E-state index contributed by atoms with van der Waals surface area (Å²) in [6, 6.07) is 0. The first-order valence-electron chi connectivity index (χ1n) is 4.68. The van der Waals surface area contributed by atoms with Crippen molar-refractivity contribution >= 4 is 0 Å². The fourth-order valence-electron chi connectivity index (χ4n) is 1.39. The van der Waals surface area contributed by atoms with Crippen molar-refractivity contribution in [3.05, 3.63) is 15.3 Å². The Morgan fingerprint density at radius 3 is 2.62 bits per heavy atom. The molecule has 0 atom stereocenters. The second-order valence-electron chi connectivity index (χ2n) is 3.58. The molecule has 0 radical (unpaired) electrons. The second kappa shape index (κ2) is 4.82. The molecule has 0 N–H and O–H groups in total. The Morgan fingerprint density at radius 2 is 2.08 bits per heavy atom. The minimum atomic E-state index is -0.196. The Kier molecular flexibility index (Phi) is 3.71. The van der Waals surface area contributed by atoms with Gasteiger partial charge < -0.3 is 0 Å². The van der Waals surface area contributed by atoms with Gasteiger partial charge in [0.15, 0.2) is 0 Å². The summed E-state index contributed by atoms with van der Waals surface area (Å²) in [5, 5.41) is 6.57. The normalized spacial score (nSPS) is 17.5. The third-order valence-corrected chi connectivity index (χ3v) is 2.48. The van der Waals surface area contributed by atoms with Crippen LogP contribution < -0.4 is 0 Å². The Balaban J connectivity index is 1.95. The third kappa shape index (κ3) is 3.42. The molecule has 1 rings (SSSR count). The van der Waals surface area contributed by atoms with Gasteiger partial charge in [-0.05, 0) is 31.2 Å². The minimum absolute atomic E-state index is 0.196. The lowest BCUT2D eigenvalue weighted by Gasteiger charge is -2.03. The Morgan fingerprint density at radius 1 is 1.31 bits per heavy atom. The second-order valence-corrected chi connectivity index (χ2v) is 3.58. The smallest absolute Gasteiger partial charge is 0.103 e. The van der Waals surface area contributed by atoms with Crippen molar-refractivity contribution in [1.29, 1.82) is 0 Å². The van der Waals surface area contributed by atoms with E-state index < -0.39 is 0 Å². The maximum atomic E-state index is 10.3. The minimum Gasteiger partial charge on any atom is -0.150 e. The van der Waals surface area contributed by atoms with Crippen molar-refractivity contribution in [1.82, 2.24) is 0 Å². The molecule has 0 heterocycles. The molecule has 0 aromatic carbocycles. The van der Waals surface area contributed by atoms with E-state index in [9.17, 15) is 4.91 Å². The van der Waals surface area contributed by atoms with Gasteiger partial charge in [0.2, 0.25) is 0 Å². The number of nitroso groups, excluding NO2 is 1. The first-order valence-corrected chi connectivity index (χ1v) is 4.68. The fraction of sp³-hybridized carbons (Fsp3) is 1.00. The number of nitrogens with zero attached hydrogens (tertiary/aromatic N) is 4. The summed E-state index contributed by atoms with van der Waals surface area (Å²) in [7, 11) is 0. The summed E-state index contributed by atoms with van der Waals surface area (Å²) in [6.45, 7) is 0.567. The van der Waals surface area contributed by atoms with Gasteiger partial charge in [-0.3, -0.25) is 0 Å². The molecule has 1 fully saturated rings. The summed E-state index contributed by atoms with van der Waals surface area (Å²) in [5.74, 6) is 0. The molecule has 13 heavy (non-hydrogen) atoms. The molecule has 72 valence electrons. The quantitative estimate of drug-likeness (QED) is 0.196. The Labute approximate surface area is 77.1 Å². The lowest BCUT2D eigenvalue weighted by molar-refractivity contribution is 0.544. The van der Waals surface area contributed by atoms with Gasteiger partial charge in [-0.25, -0.2) is 0 Å². The number of hydrogen-bond acceptors (Lipinski definition) is 3. The highest BCUT2D eigenvalue weighted by Crippen LogP contribution is 2.43. The first-order chi connectivity index (χ1) is 6.33. The summed E-state index contributed by atoms with van der Waals surface area (Å²) >= 11 is 0. The van der Waals surface area contributed by atoms with Crippen molar-refractivity contribution in [2.45, 2.75) is 44.1 Å². The maximum Gasteiger partial charge on any atom is 0.103 e. The van der Waals surface area contributed by atoms with Crippen LogP contribution in [-0.2, 0) is 0 Å². The van der Waals surface area contributed by atoms with E-state index in [4.69, 9.17) is 5.53 Å². The zero-order chi connectivity index (χ0) is 9.57. The molecule has 0 amide bonds. The van der Waals surface area contributed by atoms with Gasteiger partial charge in [0.1, 0.15) is 5.54 Å². The lowest BCUT2D eigenvalue weighted by atomic mass is 10.1. The molecular formula is C8H14N4O. The highest BCUT2D eigenvalue weighted by molar-refractivity contribution is 5.01. The summed E-state index contributed by atoms with van der Waals surface area (Å²) in [5.41, 5.74) is 7.81. The van der Waals surface area contributed by atoms with E-state index in [0.717, 1.165) is 38.5 Å². The van der Waals surface area contributed by atoms with E-state index in [1.54, 1.807) is 0 Å². The van der Waals surface area contributed by atoms with Crippen LogP contribution in [0.5, 0.6) is 0 Å². The molecule has 5 heteroatoms.